The van der Waals surface area contributed by atoms with Crippen molar-refractivity contribution in [2.45, 2.75) is 27.7 Å². The van der Waals surface area contributed by atoms with Crippen LogP contribution in [0.15, 0.2) is 97.4 Å². The van der Waals surface area contributed by atoms with Crippen molar-refractivity contribution in [2.75, 3.05) is 4.90 Å². The van der Waals surface area contributed by atoms with Gasteiger partial charge in [-0.25, -0.2) is 14.4 Å². The van der Waals surface area contributed by atoms with E-state index in [1.807, 2.05) is 55.5 Å². The highest BCUT2D eigenvalue weighted by Gasteiger charge is 2.29. The summed E-state index contributed by atoms with van der Waals surface area (Å²) >= 11 is 0. The number of allylic oxidation sites excluding steroid dienone is 2. The Bertz CT molecular complexity index is 2140. The molecular weight excluding hydrogens is 561 g/mol. The van der Waals surface area contributed by atoms with Crippen molar-refractivity contribution >= 4 is 22.1 Å². The average Bonchev–Trinajstić information content (AvgIpc) is 3.36. The number of aryl methyl sites for hydroxylation is 4. The van der Waals surface area contributed by atoms with Crippen molar-refractivity contribution in [2.24, 2.45) is 0 Å². The minimum absolute atomic E-state index is 0.0109. The van der Waals surface area contributed by atoms with Gasteiger partial charge in [0.1, 0.15) is 18.0 Å². The van der Waals surface area contributed by atoms with Gasteiger partial charge in [-0.2, -0.15) is 10.5 Å². The Hall–Kier alpha value is -6.05. The summed E-state index contributed by atoms with van der Waals surface area (Å²) < 4.78 is 20.2. The highest BCUT2D eigenvalue weighted by molar-refractivity contribution is 6.14. The summed E-state index contributed by atoms with van der Waals surface area (Å²) in [7, 11) is 0. The Labute approximate surface area is 261 Å². The zero-order valence-corrected chi connectivity index (χ0v) is 25.4. The van der Waals surface area contributed by atoms with E-state index in [1.54, 1.807) is 12.1 Å². The number of para-hydroxylation sites is 2. The molecule has 0 N–H and O–H groups in total. The second-order valence-electron chi connectivity index (χ2n) is 10.9. The summed E-state index contributed by atoms with van der Waals surface area (Å²) in [4.78, 5) is 10.7. The van der Waals surface area contributed by atoms with E-state index in [9.17, 15) is 4.39 Å². The van der Waals surface area contributed by atoms with Crippen LogP contribution in [0.5, 0.6) is 5.75 Å². The minimum Gasteiger partial charge on any atom is -0.453 e. The van der Waals surface area contributed by atoms with Crippen LogP contribution in [0.25, 0.3) is 33.3 Å². The van der Waals surface area contributed by atoms with E-state index in [-0.39, 0.29) is 17.2 Å². The Morgan fingerprint density at radius 1 is 0.733 bits per heavy atom. The molecule has 1 aromatic heterocycles. The minimum atomic E-state index is -0.299. The molecule has 6 nitrogen and oxygen atoms in total. The lowest BCUT2D eigenvalue weighted by Crippen LogP contribution is -2.23. The number of rotatable bonds is 3. The van der Waals surface area contributed by atoms with Crippen molar-refractivity contribution < 1.29 is 9.13 Å². The lowest BCUT2D eigenvalue weighted by Gasteiger charge is -2.34. The van der Waals surface area contributed by atoms with Crippen LogP contribution in [0, 0.1) is 56.2 Å². The fourth-order valence-corrected chi connectivity index (χ4v) is 5.90. The number of hydrogen-bond donors (Lipinski definition) is 0. The first-order chi connectivity index (χ1) is 21.7. The molecule has 0 unspecified atom stereocenters. The molecule has 0 bridgehead atoms. The van der Waals surface area contributed by atoms with Crippen molar-refractivity contribution in [1.29, 1.82) is 10.5 Å². The molecule has 0 atom stereocenters. The molecule has 0 saturated carbocycles. The maximum absolute atomic E-state index is 14.2. The fourth-order valence-electron chi connectivity index (χ4n) is 5.90. The number of aromatic nitrogens is 2. The molecule has 2 aliphatic rings. The number of benzene rings is 4. The second kappa shape index (κ2) is 11.2. The van der Waals surface area contributed by atoms with Gasteiger partial charge in [-0.3, -0.25) is 0 Å². The number of nitriles is 2. The van der Waals surface area contributed by atoms with Gasteiger partial charge in [0.15, 0.2) is 22.9 Å². The topological polar surface area (TPSA) is 85.8 Å². The molecule has 0 spiro atoms. The first-order valence-electron chi connectivity index (χ1n) is 14.3. The van der Waals surface area contributed by atoms with Crippen LogP contribution in [0.2, 0.25) is 0 Å². The highest BCUT2D eigenvalue weighted by Crippen LogP contribution is 2.47. The molecule has 0 fully saturated rings. The van der Waals surface area contributed by atoms with Crippen molar-refractivity contribution in [1.82, 2.24) is 9.97 Å². The van der Waals surface area contributed by atoms with Crippen LogP contribution in [0.3, 0.4) is 0 Å². The van der Waals surface area contributed by atoms with E-state index in [2.05, 4.69) is 67.0 Å². The molecular formula is C38H28FN5O. The normalized spacial score (nSPS) is 12.3. The average molecular weight is 590 g/mol. The lowest BCUT2D eigenvalue weighted by atomic mass is 9.99. The predicted octanol–water partition coefficient (Wildman–Crippen LogP) is 9.19. The van der Waals surface area contributed by atoms with Gasteiger partial charge in [-0.05, 0) is 92.4 Å². The number of hydrogen-bond acceptors (Lipinski definition) is 6. The third-order valence-corrected chi connectivity index (χ3v) is 8.19. The van der Waals surface area contributed by atoms with Gasteiger partial charge in [0.25, 0.3) is 0 Å². The monoisotopic (exact) mass is 589 g/mol. The molecule has 1 aliphatic heterocycles. The molecule has 1 aliphatic carbocycles. The summed E-state index contributed by atoms with van der Waals surface area (Å²) in [5, 5.41) is 19.5. The van der Waals surface area contributed by atoms with Crippen LogP contribution in [0.1, 0.15) is 33.6 Å². The molecule has 4 aromatic carbocycles. The molecule has 0 radical (unpaired) electrons. The summed E-state index contributed by atoms with van der Waals surface area (Å²) in [6.45, 7) is 16.1. The standard InChI is InChI=1S/C21H21NO.C17H7FN4/c1-6-17-20(7-2)23-21-11-9-8-10-18(21)22(17)19-13-15(4)14(3)12-16(19)5;1-8-2-3-9-15-10(4-5-11(18)14(8)15)17-16(9)21-12(6-19)13(7-20)22-17/h6-13H,1-2H2,3-5H3;2-5H,1H3. The first-order valence-corrected chi connectivity index (χ1v) is 14.3. The molecule has 45 heavy (non-hydrogen) atoms. The van der Waals surface area contributed by atoms with E-state index >= 15 is 0 Å². The van der Waals surface area contributed by atoms with Gasteiger partial charge >= 0.3 is 0 Å². The lowest BCUT2D eigenvalue weighted by molar-refractivity contribution is 0.431. The van der Waals surface area contributed by atoms with E-state index in [0.717, 1.165) is 50.7 Å². The molecule has 5 aromatic rings. The number of ether oxygens (including phenoxy) is 1. The summed E-state index contributed by atoms with van der Waals surface area (Å²) in [6.07, 6.45) is 3.55. The number of fused-ring (bicyclic) bond motifs is 4. The Morgan fingerprint density at radius 2 is 1.36 bits per heavy atom. The maximum Gasteiger partial charge on any atom is 0.177 e. The van der Waals surface area contributed by atoms with Crippen LogP contribution in [-0.4, -0.2) is 9.97 Å². The third kappa shape index (κ3) is 4.63. The summed E-state index contributed by atoms with van der Waals surface area (Å²) in [5.41, 5.74) is 10.2. The molecule has 7 rings (SSSR count). The van der Waals surface area contributed by atoms with Crippen molar-refractivity contribution in [3.63, 3.8) is 0 Å². The molecule has 0 amide bonds. The number of nitrogens with zero attached hydrogens (tertiary/aromatic N) is 5. The second-order valence-corrected chi connectivity index (χ2v) is 10.9. The molecule has 7 heteroatoms. The number of anilines is 2. The largest absolute Gasteiger partial charge is 0.453 e. The predicted molar refractivity (Wildman–Crippen MR) is 175 cm³/mol. The van der Waals surface area contributed by atoms with Crippen LogP contribution >= 0.6 is 0 Å². The zero-order valence-electron chi connectivity index (χ0n) is 25.4. The fraction of sp³-hybridized carbons (Fsp3) is 0.105. The van der Waals surface area contributed by atoms with Gasteiger partial charge < -0.3 is 9.64 Å². The summed E-state index contributed by atoms with van der Waals surface area (Å²) in [6, 6.07) is 23.0. The Morgan fingerprint density at radius 3 is 1.98 bits per heavy atom. The molecule has 0 saturated heterocycles. The number of halogens is 1. The van der Waals surface area contributed by atoms with E-state index in [4.69, 9.17) is 15.3 Å². The van der Waals surface area contributed by atoms with Gasteiger partial charge in [0.05, 0.1) is 22.8 Å². The third-order valence-electron chi connectivity index (χ3n) is 8.19. The maximum atomic E-state index is 14.2. The van der Waals surface area contributed by atoms with Crippen molar-refractivity contribution in [3.05, 3.63) is 137 Å². The van der Waals surface area contributed by atoms with E-state index in [1.165, 1.54) is 22.8 Å². The Balaban J connectivity index is 0.000000159. The van der Waals surface area contributed by atoms with Gasteiger partial charge in [0, 0.05) is 27.6 Å². The van der Waals surface area contributed by atoms with E-state index < -0.39 is 0 Å². The van der Waals surface area contributed by atoms with Gasteiger partial charge in [-0.15, -0.1) is 0 Å². The van der Waals surface area contributed by atoms with Crippen LogP contribution in [-0.2, 0) is 0 Å². The zero-order chi connectivity index (χ0) is 32.0. The molecule has 2 heterocycles. The SMILES string of the molecule is C=CC1=C(C=C)N(c2cc(C)c(C)cc2C)c2ccccc2O1.Cc1ccc2c3c(ccc(F)c13)-c1nc(C#N)c(C#N)nc1-2. The Kier molecular flexibility index (Phi) is 7.24. The smallest absolute Gasteiger partial charge is 0.177 e. The van der Waals surface area contributed by atoms with Gasteiger partial charge in [-0.1, -0.05) is 43.5 Å². The van der Waals surface area contributed by atoms with Crippen LogP contribution < -0.4 is 9.64 Å². The summed E-state index contributed by atoms with van der Waals surface area (Å²) in [5.74, 6) is 1.24. The first kappa shape index (κ1) is 29.0. The quantitative estimate of drug-likeness (QED) is 0.205. The highest BCUT2D eigenvalue weighted by atomic mass is 19.1. The molecule has 218 valence electrons. The van der Waals surface area contributed by atoms with Crippen LogP contribution in [0.4, 0.5) is 15.8 Å². The van der Waals surface area contributed by atoms with Gasteiger partial charge in [0.2, 0.25) is 0 Å². The van der Waals surface area contributed by atoms with E-state index in [0.29, 0.717) is 16.8 Å². The van der Waals surface area contributed by atoms with Crippen molar-refractivity contribution in [3.8, 4) is 40.4 Å².